The van der Waals surface area contributed by atoms with E-state index in [0.29, 0.717) is 23.7 Å². The van der Waals surface area contributed by atoms with Gasteiger partial charge in [0.15, 0.2) is 0 Å². The minimum atomic E-state index is -3.93. The summed E-state index contributed by atoms with van der Waals surface area (Å²) in [6.45, 7) is 1.55. The summed E-state index contributed by atoms with van der Waals surface area (Å²) in [5.74, 6) is -1.71. The SMILES string of the molecule is Cc1nc(-c2n[nH]c3ccnc(Cl)c23)c(F)c(=O)[nH]1.FC(F)(F)C1CCCCC1. The number of hydrogen-bond donors (Lipinski definition) is 2. The van der Waals surface area contributed by atoms with Crippen molar-refractivity contribution in [3.63, 3.8) is 0 Å². The summed E-state index contributed by atoms with van der Waals surface area (Å²) in [6, 6.07) is 1.65. The molecule has 3 aromatic heterocycles. The van der Waals surface area contributed by atoms with E-state index in [1.807, 2.05) is 0 Å². The number of H-pyrrole nitrogens is 2. The Morgan fingerprint density at radius 1 is 1.17 bits per heavy atom. The summed E-state index contributed by atoms with van der Waals surface area (Å²) >= 11 is 5.98. The quantitative estimate of drug-likeness (QED) is 0.422. The average molecular weight is 432 g/mol. The van der Waals surface area contributed by atoms with Crippen LogP contribution in [0.5, 0.6) is 0 Å². The van der Waals surface area contributed by atoms with E-state index in [-0.39, 0.29) is 22.4 Å². The second-order valence-corrected chi connectivity index (χ2v) is 7.15. The highest BCUT2D eigenvalue weighted by Crippen LogP contribution is 2.37. The standard InChI is InChI=1S/C11H7ClFN5O.C7H11F3/c1-4-15-9(7(13)11(19)16-4)8-6-5(17-18-8)2-3-14-10(6)12;8-7(9,10)6-4-2-1-3-5-6/h2-3H,1H3,(H,17,18)(H,15,16,19);6H,1-5H2. The maximum Gasteiger partial charge on any atom is 0.391 e. The zero-order valence-corrected chi connectivity index (χ0v) is 16.2. The van der Waals surface area contributed by atoms with E-state index in [9.17, 15) is 22.4 Å². The number of alkyl halides is 3. The first-order valence-electron chi connectivity index (χ1n) is 9.00. The van der Waals surface area contributed by atoms with Crippen LogP contribution in [0, 0.1) is 18.7 Å². The van der Waals surface area contributed by atoms with Gasteiger partial charge in [0, 0.05) is 6.20 Å². The van der Waals surface area contributed by atoms with E-state index in [1.54, 1.807) is 13.0 Å². The smallest absolute Gasteiger partial charge is 0.308 e. The fraction of sp³-hybridized carbons (Fsp3) is 0.444. The van der Waals surface area contributed by atoms with Crippen LogP contribution in [0.3, 0.4) is 0 Å². The van der Waals surface area contributed by atoms with E-state index in [1.165, 1.54) is 6.20 Å². The maximum atomic E-state index is 13.9. The minimum Gasteiger partial charge on any atom is -0.308 e. The predicted octanol–water partition coefficient (Wildman–Crippen LogP) is 4.94. The van der Waals surface area contributed by atoms with E-state index < -0.39 is 23.5 Å². The second kappa shape index (κ2) is 8.48. The van der Waals surface area contributed by atoms with Gasteiger partial charge in [0.25, 0.3) is 5.56 Å². The van der Waals surface area contributed by atoms with Crippen molar-refractivity contribution in [2.45, 2.75) is 45.2 Å². The number of halogens is 5. The number of nitrogens with one attached hydrogen (secondary N) is 2. The normalized spacial score (nSPS) is 15.2. The molecule has 1 saturated carbocycles. The molecule has 11 heteroatoms. The monoisotopic (exact) mass is 431 g/mol. The van der Waals surface area contributed by atoms with Crippen LogP contribution in [0.1, 0.15) is 37.9 Å². The van der Waals surface area contributed by atoms with Crippen LogP contribution in [-0.4, -0.2) is 31.3 Å². The van der Waals surface area contributed by atoms with Crippen molar-refractivity contribution >= 4 is 22.5 Å². The number of fused-ring (bicyclic) bond motifs is 1. The molecule has 2 N–H and O–H groups in total. The van der Waals surface area contributed by atoms with E-state index >= 15 is 0 Å². The molecule has 0 atom stereocenters. The molecule has 0 spiro atoms. The van der Waals surface area contributed by atoms with Gasteiger partial charge in [-0.3, -0.25) is 9.89 Å². The number of hydrogen-bond acceptors (Lipinski definition) is 4. The van der Waals surface area contributed by atoms with Crippen molar-refractivity contribution in [3.8, 4) is 11.4 Å². The maximum absolute atomic E-state index is 13.9. The molecule has 1 aliphatic rings. The fourth-order valence-electron chi connectivity index (χ4n) is 3.26. The van der Waals surface area contributed by atoms with Gasteiger partial charge < -0.3 is 4.98 Å². The van der Waals surface area contributed by atoms with Gasteiger partial charge in [-0.1, -0.05) is 30.9 Å². The lowest BCUT2D eigenvalue weighted by Gasteiger charge is -2.23. The summed E-state index contributed by atoms with van der Waals surface area (Å²) in [6.07, 6.45) is 0.758. The van der Waals surface area contributed by atoms with Gasteiger partial charge >= 0.3 is 6.18 Å². The van der Waals surface area contributed by atoms with Crippen molar-refractivity contribution in [2.24, 2.45) is 5.92 Å². The summed E-state index contributed by atoms with van der Waals surface area (Å²) in [4.78, 5) is 21.6. The molecular weight excluding hydrogens is 414 g/mol. The molecule has 0 amide bonds. The van der Waals surface area contributed by atoms with Gasteiger partial charge in [0.1, 0.15) is 22.4 Å². The Balaban J connectivity index is 0.000000204. The van der Waals surface area contributed by atoms with E-state index in [2.05, 4.69) is 25.1 Å². The Morgan fingerprint density at radius 2 is 1.86 bits per heavy atom. The molecule has 0 aromatic carbocycles. The Morgan fingerprint density at radius 3 is 2.48 bits per heavy atom. The van der Waals surface area contributed by atoms with Crippen molar-refractivity contribution < 1.29 is 17.6 Å². The average Bonchev–Trinajstić information content (AvgIpc) is 3.11. The Labute approximate surface area is 167 Å². The molecule has 156 valence electrons. The lowest BCUT2D eigenvalue weighted by molar-refractivity contribution is -0.181. The number of pyridine rings is 1. The van der Waals surface area contributed by atoms with Crippen molar-refractivity contribution in [3.05, 3.63) is 39.4 Å². The number of nitrogens with zero attached hydrogens (tertiary/aromatic N) is 3. The molecule has 3 heterocycles. The summed E-state index contributed by atoms with van der Waals surface area (Å²) in [5.41, 5.74) is -0.241. The predicted molar refractivity (Wildman–Crippen MR) is 100 cm³/mol. The molecule has 0 unspecified atom stereocenters. The molecule has 0 radical (unpaired) electrons. The van der Waals surface area contributed by atoms with Crippen LogP contribution in [0.25, 0.3) is 22.3 Å². The van der Waals surface area contributed by atoms with Gasteiger partial charge in [0.05, 0.1) is 16.8 Å². The molecule has 29 heavy (non-hydrogen) atoms. The Bertz CT molecular complexity index is 1060. The Kier molecular flexibility index (Phi) is 6.21. The molecule has 3 aromatic rings. The molecular formula is C18H18ClF4N5O. The third kappa shape index (κ3) is 4.75. The van der Waals surface area contributed by atoms with Crippen LogP contribution in [0.15, 0.2) is 17.1 Å². The minimum absolute atomic E-state index is 0.151. The third-order valence-electron chi connectivity index (χ3n) is 4.70. The van der Waals surface area contributed by atoms with Gasteiger partial charge in [-0.15, -0.1) is 0 Å². The highest BCUT2D eigenvalue weighted by molar-refractivity contribution is 6.35. The van der Waals surface area contributed by atoms with Crippen LogP contribution < -0.4 is 5.56 Å². The number of aromatic nitrogens is 5. The fourth-order valence-corrected chi connectivity index (χ4v) is 3.50. The largest absolute Gasteiger partial charge is 0.391 e. The first kappa shape index (κ1) is 21.2. The molecule has 0 bridgehead atoms. The Hall–Kier alpha value is -2.49. The van der Waals surface area contributed by atoms with Crippen molar-refractivity contribution in [1.29, 1.82) is 0 Å². The van der Waals surface area contributed by atoms with Gasteiger partial charge in [0.2, 0.25) is 5.82 Å². The van der Waals surface area contributed by atoms with Gasteiger partial charge in [-0.05, 0) is 25.8 Å². The summed E-state index contributed by atoms with van der Waals surface area (Å²) < 4.78 is 49.7. The molecule has 1 aliphatic carbocycles. The van der Waals surface area contributed by atoms with E-state index in [4.69, 9.17) is 11.6 Å². The van der Waals surface area contributed by atoms with Crippen molar-refractivity contribution in [1.82, 2.24) is 25.1 Å². The lowest BCUT2D eigenvalue weighted by Crippen LogP contribution is -2.24. The summed E-state index contributed by atoms with van der Waals surface area (Å²) in [5, 5.41) is 7.26. The van der Waals surface area contributed by atoms with Crippen LogP contribution >= 0.6 is 11.6 Å². The summed E-state index contributed by atoms with van der Waals surface area (Å²) in [7, 11) is 0. The third-order valence-corrected chi connectivity index (χ3v) is 4.99. The molecule has 1 fully saturated rings. The first-order valence-corrected chi connectivity index (χ1v) is 9.38. The highest BCUT2D eigenvalue weighted by atomic mass is 35.5. The van der Waals surface area contributed by atoms with Crippen LogP contribution in [0.4, 0.5) is 17.6 Å². The second-order valence-electron chi connectivity index (χ2n) is 6.79. The first-order chi connectivity index (χ1) is 13.7. The number of rotatable bonds is 1. The lowest BCUT2D eigenvalue weighted by atomic mass is 9.89. The number of aromatic amines is 2. The molecule has 0 aliphatic heterocycles. The van der Waals surface area contributed by atoms with E-state index in [0.717, 1.165) is 19.3 Å². The number of aryl methyl sites for hydroxylation is 1. The van der Waals surface area contributed by atoms with Gasteiger partial charge in [-0.25, -0.2) is 9.97 Å². The zero-order chi connectivity index (χ0) is 21.2. The van der Waals surface area contributed by atoms with Crippen LogP contribution in [0.2, 0.25) is 5.15 Å². The van der Waals surface area contributed by atoms with Crippen LogP contribution in [-0.2, 0) is 0 Å². The molecule has 4 rings (SSSR count). The molecule has 0 saturated heterocycles. The zero-order valence-electron chi connectivity index (χ0n) is 15.4. The highest BCUT2D eigenvalue weighted by Gasteiger charge is 2.39. The van der Waals surface area contributed by atoms with Crippen molar-refractivity contribution in [2.75, 3.05) is 0 Å². The van der Waals surface area contributed by atoms with Gasteiger partial charge in [-0.2, -0.15) is 22.7 Å². The molecule has 6 nitrogen and oxygen atoms in total. The topological polar surface area (TPSA) is 87.3 Å².